The van der Waals surface area contributed by atoms with Gasteiger partial charge in [-0.15, -0.1) is 0 Å². The van der Waals surface area contributed by atoms with Gasteiger partial charge in [0.2, 0.25) is 0 Å². The Balaban J connectivity index is 1.98. The molecule has 0 aliphatic carbocycles. The van der Waals surface area contributed by atoms with E-state index < -0.39 is 0 Å². The minimum atomic E-state index is -0.275. The number of ketones is 1. The van der Waals surface area contributed by atoms with E-state index in [2.05, 4.69) is 39.0 Å². The van der Waals surface area contributed by atoms with Gasteiger partial charge in [0, 0.05) is 0 Å². The van der Waals surface area contributed by atoms with Crippen molar-refractivity contribution in [3.05, 3.63) is 59.4 Å². The van der Waals surface area contributed by atoms with Crippen LogP contribution in [-0.4, -0.2) is 15.3 Å². The number of aromatic nitrogens is 2. The fourth-order valence-corrected chi connectivity index (χ4v) is 3.20. The Morgan fingerprint density at radius 3 is 2.58 bits per heavy atom. The molecule has 136 valence electrons. The van der Waals surface area contributed by atoms with Crippen molar-refractivity contribution in [2.75, 3.05) is 0 Å². The highest BCUT2D eigenvalue weighted by atomic mass is 16.5. The van der Waals surface area contributed by atoms with Crippen molar-refractivity contribution in [2.45, 2.75) is 53.2 Å². The molecular weight excluding hydrogens is 324 g/mol. The average molecular weight is 350 g/mol. The lowest BCUT2D eigenvalue weighted by molar-refractivity contribution is -0.119. The third-order valence-corrected chi connectivity index (χ3v) is 4.79. The number of hydrogen-bond acceptors (Lipinski definition) is 3. The predicted octanol–water partition coefficient (Wildman–Crippen LogP) is 5.20. The zero-order valence-corrected chi connectivity index (χ0v) is 16.1. The number of hydrogen-bond donors (Lipinski definition) is 0. The zero-order valence-electron chi connectivity index (χ0n) is 16.1. The van der Waals surface area contributed by atoms with Crippen molar-refractivity contribution < 1.29 is 9.53 Å². The lowest BCUT2D eigenvalue weighted by atomic mass is 10.0. The summed E-state index contributed by atoms with van der Waals surface area (Å²) in [6.45, 7) is 10.2. The number of carbonyl (C=O) groups is 1. The summed E-state index contributed by atoms with van der Waals surface area (Å²) >= 11 is 0. The molecule has 0 amide bonds. The van der Waals surface area contributed by atoms with Gasteiger partial charge in [0.05, 0.1) is 17.1 Å². The molecule has 0 aliphatic rings. The molecule has 1 atom stereocenters. The van der Waals surface area contributed by atoms with Crippen molar-refractivity contribution in [3.8, 4) is 5.75 Å². The van der Waals surface area contributed by atoms with Gasteiger partial charge in [-0.05, 0) is 56.0 Å². The second-order valence-electron chi connectivity index (χ2n) is 7.16. The van der Waals surface area contributed by atoms with Crippen LogP contribution >= 0.6 is 0 Å². The largest absolute Gasteiger partial charge is 0.485 e. The minimum absolute atomic E-state index is 0.104. The molecule has 2 aromatic carbocycles. The van der Waals surface area contributed by atoms with Gasteiger partial charge < -0.3 is 9.30 Å². The Morgan fingerprint density at radius 1 is 1.15 bits per heavy atom. The van der Waals surface area contributed by atoms with Crippen LogP contribution in [0.25, 0.3) is 11.0 Å². The number of carbonyl (C=O) groups excluding carboxylic acids is 1. The van der Waals surface area contributed by atoms with Crippen LogP contribution in [0.4, 0.5) is 0 Å². The van der Waals surface area contributed by atoms with E-state index in [4.69, 9.17) is 9.72 Å². The van der Waals surface area contributed by atoms with Gasteiger partial charge in [-0.1, -0.05) is 38.1 Å². The Morgan fingerprint density at radius 2 is 1.88 bits per heavy atom. The number of nitrogens with zero attached hydrogens (tertiary/aromatic N) is 2. The van der Waals surface area contributed by atoms with Crippen LogP contribution in [0.2, 0.25) is 0 Å². The Labute approximate surface area is 154 Å². The monoisotopic (exact) mass is 350 g/mol. The van der Waals surface area contributed by atoms with Crippen LogP contribution in [0.3, 0.4) is 0 Å². The van der Waals surface area contributed by atoms with Crippen LogP contribution in [-0.2, 0) is 11.4 Å². The summed E-state index contributed by atoms with van der Waals surface area (Å²) in [5.74, 6) is 2.13. The SMILES string of the molecule is CC(=O)C(C)n1c(COc2cc(C)ccc2C(C)C)nc2ccccc21. The summed E-state index contributed by atoms with van der Waals surface area (Å²) in [6, 6.07) is 13.9. The third-order valence-electron chi connectivity index (χ3n) is 4.79. The standard InChI is InChI=1S/C22H26N2O2/c1-14(2)18-11-10-15(3)12-21(18)26-13-22-23-19-8-6-7-9-20(19)24(22)16(4)17(5)25/h6-12,14,16H,13H2,1-5H3. The lowest BCUT2D eigenvalue weighted by Gasteiger charge is -2.17. The third kappa shape index (κ3) is 3.50. The van der Waals surface area contributed by atoms with Gasteiger partial charge in [0.15, 0.2) is 5.78 Å². The molecule has 0 saturated heterocycles. The molecule has 4 heteroatoms. The maximum absolute atomic E-state index is 12.0. The van der Waals surface area contributed by atoms with Gasteiger partial charge in [-0.2, -0.15) is 0 Å². The predicted molar refractivity (Wildman–Crippen MR) is 105 cm³/mol. The maximum Gasteiger partial charge on any atom is 0.152 e. The molecule has 1 heterocycles. The van der Waals surface area contributed by atoms with Crippen LogP contribution in [0, 0.1) is 6.92 Å². The molecule has 0 aliphatic heterocycles. The first kappa shape index (κ1) is 18.2. The number of imidazole rings is 1. The number of para-hydroxylation sites is 2. The van der Waals surface area contributed by atoms with Crippen LogP contribution in [0.15, 0.2) is 42.5 Å². The number of fused-ring (bicyclic) bond motifs is 1. The number of aryl methyl sites for hydroxylation is 1. The first-order valence-electron chi connectivity index (χ1n) is 9.08. The minimum Gasteiger partial charge on any atom is -0.485 e. The van der Waals surface area contributed by atoms with E-state index >= 15 is 0 Å². The maximum atomic E-state index is 12.0. The normalized spacial score (nSPS) is 12.5. The highest BCUT2D eigenvalue weighted by molar-refractivity contribution is 5.83. The molecule has 4 nitrogen and oxygen atoms in total. The van der Waals surface area contributed by atoms with Gasteiger partial charge in [-0.25, -0.2) is 4.98 Å². The number of benzene rings is 2. The van der Waals surface area contributed by atoms with E-state index in [-0.39, 0.29) is 11.8 Å². The Hall–Kier alpha value is -2.62. The van der Waals surface area contributed by atoms with Gasteiger partial charge in [0.1, 0.15) is 18.2 Å². The van der Waals surface area contributed by atoms with E-state index in [1.165, 1.54) is 5.56 Å². The molecule has 1 unspecified atom stereocenters. The summed E-state index contributed by atoms with van der Waals surface area (Å²) in [5.41, 5.74) is 4.18. The lowest BCUT2D eigenvalue weighted by Crippen LogP contribution is -2.17. The van der Waals surface area contributed by atoms with Crippen molar-refractivity contribution in [2.24, 2.45) is 0 Å². The average Bonchev–Trinajstić information content (AvgIpc) is 2.97. The molecule has 0 spiro atoms. The van der Waals surface area contributed by atoms with Crippen molar-refractivity contribution in [1.82, 2.24) is 9.55 Å². The molecule has 0 N–H and O–H groups in total. The molecular formula is C22H26N2O2. The topological polar surface area (TPSA) is 44.1 Å². The van der Waals surface area contributed by atoms with Crippen LogP contribution in [0.5, 0.6) is 5.75 Å². The fourth-order valence-electron chi connectivity index (χ4n) is 3.20. The van der Waals surface area contributed by atoms with Crippen molar-refractivity contribution >= 4 is 16.8 Å². The molecule has 3 aromatic rings. The van der Waals surface area contributed by atoms with E-state index in [9.17, 15) is 4.79 Å². The fraction of sp³-hybridized carbons (Fsp3) is 0.364. The molecule has 0 saturated carbocycles. The molecule has 0 fully saturated rings. The first-order chi connectivity index (χ1) is 12.4. The van der Waals surface area contributed by atoms with E-state index in [1.54, 1.807) is 6.92 Å². The quantitative estimate of drug-likeness (QED) is 0.614. The summed E-state index contributed by atoms with van der Waals surface area (Å²) in [6.07, 6.45) is 0. The number of Topliss-reactive ketones (excluding diaryl/α,β-unsaturated/α-hetero) is 1. The highest BCUT2D eigenvalue weighted by Crippen LogP contribution is 2.29. The zero-order chi connectivity index (χ0) is 18.8. The first-order valence-corrected chi connectivity index (χ1v) is 9.08. The summed E-state index contributed by atoms with van der Waals surface area (Å²) in [5, 5.41) is 0. The van der Waals surface area contributed by atoms with E-state index in [0.717, 1.165) is 28.2 Å². The summed E-state index contributed by atoms with van der Waals surface area (Å²) in [7, 11) is 0. The van der Waals surface area contributed by atoms with Crippen molar-refractivity contribution in [1.29, 1.82) is 0 Å². The molecule has 0 bridgehead atoms. The van der Waals surface area contributed by atoms with E-state index in [0.29, 0.717) is 12.5 Å². The Kier molecular flexibility index (Phi) is 5.12. The van der Waals surface area contributed by atoms with Gasteiger partial charge >= 0.3 is 0 Å². The van der Waals surface area contributed by atoms with Gasteiger partial charge in [-0.3, -0.25) is 4.79 Å². The van der Waals surface area contributed by atoms with Crippen molar-refractivity contribution in [3.63, 3.8) is 0 Å². The molecule has 3 rings (SSSR count). The second kappa shape index (κ2) is 7.32. The van der Waals surface area contributed by atoms with Gasteiger partial charge in [0.25, 0.3) is 0 Å². The molecule has 26 heavy (non-hydrogen) atoms. The van der Waals surface area contributed by atoms with E-state index in [1.807, 2.05) is 35.8 Å². The summed E-state index contributed by atoms with van der Waals surface area (Å²) < 4.78 is 8.16. The molecule has 1 aromatic heterocycles. The van der Waals surface area contributed by atoms with Crippen LogP contribution in [0.1, 0.15) is 56.6 Å². The molecule has 0 radical (unpaired) electrons. The highest BCUT2D eigenvalue weighted by Gasteiger charge is 2.19. The number of ether oxygens (including phenoxy) is 1. The smallest absolute Gasteiger partial charge is 0.152 e. The van der Waals surface area contributed by atoms with Crippen LogP contribution < -0.4 is 4.74 Å². The number of rotatable bonds is 6. The Bertz CT molecular complexity index is 940. The second-order valence-corrected chi connectivity index (χ2v) is 7.16. The summed E-state index contributed by atoms with van der Waals surface area (Å²) in [4.78, 5) is 16.7.